The molecule has 0 radical (unpaired) electrons. The Morgan fingerprint density at radius 3 is 2.39 bits per heavy atom. The number of hydrogen-bond donors (Lipinski definition) is 0. The average molecular weight is 545 g/mol. The normalized spacial score (nSPS) is 22.6. The first kappa shape index (κ1) is 23.5. The fraction of sp³-hybridized carbons (Fsp3) is 0.588. The molecule has 28 heavy (non-hydrogen) atoms. The second-order valence-electron chi connectivity index (χ2n) is 6.82. The number of benzene rings is 1. The van der Waals surface area contributed by atoms with Crippen molar-refractivity contribution in [2.24, 2.45) is 11.8 Å². The summed E-state index contributed by atoms with van der Waals surface area (Å²) in [5, 5.41) is 0. The van der Waals surface area contributed by atoms with Gasteiger partial charge in [0.2, 0.25) is 10.0 Å². The molecule has 0 spiro atoms. The number of hydrogen-bond acceptors (Lipinski definition) is 7. The number of esters is 1. The van der Waals surface area contributed by atoms with Crippen LogP contribution in [0.3, 0.4) is 0 Å². The van der Waals surface area contributed by atoms with Crippen LogP contribution in [0.15, 0.2) is 29.2 Å². The molecule has 1 aliphatic heterocycles. The van der Waals surface area contributed by atoms with Crippen molar-refractivity contribution < 1.29 is 30.6 Å². The van der Waals surface area contributed by atoms with E-state index in [1.165, 1.54) is 11.4 Å². The van der Waals surface area contributed by atoms with E-state index < -0.39 is 36.1 Å². The van der Waals surface area contributed by atoms with Crippen molar-refractivity contribution >= 4 is 48.7 Å². The summed E-state index contributed by atoms with van der Waals surface area (Å²) in [6, 6.07) is 6.55. The Morgan fingerprint density at radius 1 is 1.25 bits per heavy atom. The number of rotatable bonds is 7. The Labute approximate surface area is 179 Å². The second-order valence-corrected chi connectivity index (χ2v) is 11.6. The fourth-order valence-electron chi connectivity index (χ4n) is 3.16. The monoisotopic (exact) mass is 545 g/mol. The smallest absolute Gasteiger partial charge is 0.305 e. The van der Waals surface area contributed by atoms with E-state index in [9.17, 15) is 21.6 Å². The van der Waals surface area contributed by atoms with Gasteiger partial charge in [-0.25, -0.2) is 8.42 Å². The zero-order valence-electron chi connectivity index (χ0n) is 15.9. The van der Waals surface area contributed by atoms with Gasteiger partial charge in [0.15, 0.2) is 0 Å². The van der Waals surface area contributed by atoms with Crippen molar-refractivity contribution in [1.82, 2.24) is 4.31 Å². The third-order valence-corrected chi connectivity index (χ3v) is 8.65. The maximum Gasteiger partial charge on any atom is 0.305 e. The first-order valence-electron chi connectivity index (χ1n) is 8.60. The second kappa shape index (κ2) is 9.37. The number of nitrogens with zero attached hydrogens (tertiary/aromatic N) is 1. The lowest BCUT2D eigenvalue weighted by atomic mass is 9.84. The number of piperidine rings is 1. The minimum atomic E-state index is -3.74. The Bertz CT molecular complexity index is 900. The van der Waals surface area contributed by atoms with Crippen molar-refractivity contribution in [3.05, 3.63) is 29.8 Å². The lowest BCUT2D eigenvalue weighted by Gasteiger charge is -2.39. The van der Waals surface area contributed by atoms with Crippen LogP contribution in [0.25, 0.3) is 0 Å². The summed E-state index contributed by atoms with van der Waals surface area (Å²) in [6.07, 6.45) is 1.42. The van der Waals surface area contributed by atoms with Crippen LogP contribution >= 0.6 is 22.6 Å². The van der Waals surface area contributed by atoms with Crippen LogP contribution in [0.1, 0.15) is 18.4 Å². The minimum Gasteiger partial charge on any atom is -0.469 e. The summed E-state index contributed by atoms with van der Waals surface area (Å²) in [5.74, 6) is -1.16. The third-order valence-electron chi connectivity index (χ3n) is 4.69. The molecule has 1 aliphatic rings. The summed E-state index contributed by atoms with van der Waals surface area (Å²) >= 11 is 1.84. The third kappa shape index (κ3) is 6.12. The molecule has 3 atom stereocenters. The average Bonchev–Trinajstić information content (AvgIpc) is 2.60. The molecular formula is C17H24INO7S2. The molecular weight excluding hydrogens is 521 g/mol. The standard InChI is InChI=1S/C17H24INO7S2/c1-12-4-6-14(7-5-12)28(23,24)19-9-8-13(10-16(20)25-2)15(11-19)17(18)26-27(3,21)22/h4-7,13,15,17H,8-11H2,1-3H3/t13?,15?,17-/m1/s1. The first-order valence-corrected chi connectivity index (χ1v) is 13.1. The van der Waals surface area contributed by atoms with Crippen LogP contribution < -0.4 is 0 Å². The topological polar surface area (TPSA) is 107 Å². The van der Waals surface area contributed by atoms with Gasteiger partial charge in [-0.1, -0.05) is 17.7 Å². The van der Waals surface area contributed by atoms with E-state index >= 15 is 0 Å². The Morgan fingerprint density at radius 2 is 1.86 bits per heavy atom. The quantitative estimate of drug-likeness (QED) is 0.223. The first-order chi connectivity index (χ1) is 12.9. The lowest BCUT2D eigenvalue weighted by Crippen LogP contribution is -2.47. The molecule has 1 aromatic rings. The zero-order valence-corrected chi connectivity index (χ0v) is 19.7. The van der Waals surface area contributed by atoms with Gasteiger partial charge in [-0.2, -0.15) is 12.7 Å². The summed E-state index contributed by atoms with van der Waals surface area (Å²) in [7, 11) is -6.19. The van der Waals surface area contributed by atoms with Crippen LogP contribution in [0, 0.1) is 18.8 Å². The summed E-state index contributed by atoms with van der Waals surface area (Å²) < 4.78 is 59.5. The van der Waals surface area contributed by atoms with Crippen LogP contribution in [-0.2, 0) is 33.9 Å². The number of alkyl halides is 1. The van der Waals surface area contributed by atoms with Crippen LogP contribution in [-0.4, -0.2) is 57.7 Å². The fourth-order valence-corrected chi connectivity index (χ4v) is 7.08. The van der Waals surface area contributed by atoms with E-state index in [4.69, 9.17) is 8.92 Å². The van der Waals surface area contributed by atoms with Gasteiger partial charge in [0.25, 0.3) is 10.1 Å². The van der Waals surface area contributed by atoms with Crippen LogP contribution in [0.4, 0.5) is 0 Å². The van der Waals surface area contributed by atoms with E-state index in [2.05, 4.69) is 0 Å². The van der Waals surface area contributed by atoms with Crippen molar-refractivity contribution in [2.75, 3.05) is 26.5 Å². The summed E-state index contributed by atoms with van der Waals surface area (Å²) in [5.41, 5.74) is 0.947. The van der Waals surface area contributed by atoms with Gasteiger partial charge in [-0.05, 0) is 54.0 Å². The molecule has 2 unspecified atom stereocenters. The number of ether oxygens (including phenoxy) is 1. The van der Waals surface area contributed by atoms with Gasteiger partial charge in [0.1, 0.15) is 4.11 Å². The zero-order chi connectivity index (χ0) is 21.1. The largest absolute Gasteiger partial charge is 0.469 e. The molecule has 0 aliphatic carbocycles. The molecule has 1 fully saturated rings. The Kier molecular flexibility index (Phi) is 7.87. The van der Waals surface area contributed by atoms with Crippen molar-refractivity contribution in [3.63, 3.8) is 0 Å². The van der Waals surface area contributed by atoms with Crippen molar-refractivity contribution in [3.8, 4) is 0 Å². The van der Waals surface area contributed by atoms with E-state index in [0.29, 0.717) is 6.42 Å². The molecule has 1 heterocycles. The van der Waals surface area contributed by atoms with Gasteiger partial charge in [-0.15, -0.1) is 0 Å². The highest BCUT2D eigenvalue weighted by atomic mass is 127. The number of aryl methyl sites for hydroxylation is 1. The summed E-state index contributed by atoms with van der Waals surface area (Å²) in [4.78, 5) is 11.9. The Balaban J connectivity index is 2.28. The van der Waals surface area contributed by atoms with E-state index in [-0.39, 0.29) is 30.3 Å². The van der Waals surface area contributed by atoms with Crippen molar-refractivity contribution in [2.45, 2.75) is 28.8 Å². The summed E-state index contributed by atoms with van der Waals surface area (Å²) in [6.45, 7) is 2.16. The number of halogens is 1. The maximum atomic E-state index is 13.0. The molecule has 0 aromatic heterocycles. The number of methoxy groups -OCH3 is 1. The SMILES string of the molecule is COC(=O)CC1CCN(S(=O)(=O)c2ccc(C)cc2)CC1[C@H](I)OS(C)(=O)=O. The predicted octanol–water partition coefficient (Wildman–Crippen LogP) is 1.92. The molecule has 0 N–H and O–H groups in total. The highest BCUT2D eigenvalue weighted by Crippen LogP contribution is 2.36. The molecule has 0 amide bonds. The van der Waals surface area contributed by atoms with Crippen LogP contribution in [0.2, 0.25) is 0 Å². The lowest BCUT2D eigenvalue weighted by molar-refractivity contribution is -0.142. The highest BCUT2D eigenvalue weighted by Gasteiger charge is 2.41. The molecule has 8 nitrogen and oxygen atoms in total. The van der Waals surface area contributed by atoms with Gasteiger partial charge >= 0.3 is 5.97 Å². The minimum absolute atomic E-state index is 0.0565. The van der Waals surface area contributed by atoms with Crippen LogP contribution in [0.5, 0.6) is 0 Å². The number of carbonyl (C=O) groups excluding carboxylic acids is 1. The molecule has 0 saturated carbocycles. The number of sulfonamides is 1. The Hall–Kier alpha value is -0.760. The molecule has 1 saturated heterocycles. The molecule has 2 rings (SSSR count). The molecule has 11 heteroatoms. The number of carbonyl (C=O) groups is 1. The predicted molar refractivity (Wildman–Crippen MR) is 112 cm³/mol. The van der Waals surface area contributed by atoms with Gasteiger partial charge in [-0.3, -0.25) is 8.98 Å². The van der Waals surface area contributed by atoms with E-state index in [1.54, 1.807) is 24.3 Å². The molecule has 0 bridgehead atoms. The molecule has 1 aromatic carbocycles. The maximum absolute atomic E-state index is 13.0. The van der Waals surface area contributed by atoms with E-state index in [1.807, 2.05) is 29.5 Å². The van der Waals surface area contributed by atoms with E-state index in [0.717, 1.165) is 11.8 Å². The van der Waals surface area contributed by atoms with Gasteiger partial charge < -0.3 is 4.74 Å². The van der Waals surface area contributed by atoms with Gasteiger partial charge in [0, 0.05) is 25.4 Å². The highest BCUT2D eigenvalue weighted by molar-refractivity contribution is 14.1. The molecule has 158 valence electrons. The van der Waals surface area contributed by atoms with Crippen molar-refractivity contribution in [1.29, 1.82) is 0 Å². The van der Waals surface area contributed by atoms with Gasteiger partial charge in [0.05, 0.1) is 18.3 Å².